The number of nitrogens with zero attached hydrogens (tertiary/aromatic N) is 3. The van der Waals surface area contributed by atoms with Crippen molar-refractivity contribution in [2.24, 2.45) is 0 Å². The second-order valence-corrected chi connectivity index (χ2v) is 8.35. The normalized spacial score (nSPS) is 11.3. The van der Waals surface area contributed by atoms with Gasteiger partial charge in [0.1, 0.15) is 5.82 Å². The summed E-state index contributed by atoms with van der Waals surface area (Å²) in [6.07, 6.45) is 3.77. The van der Waals surface area contributed by atoms with Crippen LogP contribution >= 0.6 is 0 Å². The largest absolute Gasteiger partial charge is 0.367 e. The van der Waals surface area contributed by atoms with Crippen LogP contribution in [0.5, 0.6) is 0 Å². The first kappa shape index (κ1) is 19.8. The van der Waals surface area contributed by atoms with Crippen LogP contribution in [0.25, 0.3) is 16.9 Å². The molecular weight excluding hydrogens is 398 g/mol. The molecule has 0 aliphatic heterocycles. The Balaban J connectivity index is 1.30. The average molecular weight is 420 g/mol. The molecule has 2 aromatic heterocycles. The maximum Gasteiger partial charge on any atom is 0.240 e. The molecule has 0 bridgehead atoms. The number of anilines is 1. The van der Waals surface area contributed by atoms with Gasteiger partial charge in [-0.2, -0.15) is 0 Å². The smallest absolute Gasteiger partial charge is 0.240 e. The van der Waals surface area contributed by atoms with Gasteiger partial charge in [0.2, 0.25) is 10.0 Å². The highest BCUT2D eigenvalue weighted by atomic mass is 32.2. The van der Waals surface area contributed by atoms with E-state index in [4.69, 9.17) is 0 Å². The lowest BCUT2D eigenvalue weighted by atomic mass is 10.1. The van der Waals surface area contributed by atoms with Crippen molar-refractivity contribution in [3.8, 4) is 16.9 Å². The van der Waals surface area contributed by atoms with Crippen molar-refractivity contribution in [1.29, 1.82) is 0 Å². The zero-order chi connectivity index (χ0) is 20.8. The third-order valence-electron chi connectivity index (χ3n) is 4.51. The average Bonchev–Trinajstić information content (AvgIpc) is 3.33. The van der Waals surface area contributed by atoms with Gasteiger partial charge < -0.3 is 9.88 Å². The van der Waals surface area contributed by atoms with Crippen molar-refractivity contribution in [2.75, 3.05) is 18.4 Å². The molecule has 0 spiro atoms. The number of rotatable bonds is 8. The molecule has 30 heavy (non-hydrogen) atoms. The monoisotopic (exact) mass is 419 g/mol. The van der Waals surface area contributed by atoms with Gasteiger partial charge in [-0.15, -0.1) is 10.2 Å². The summed E-state index contributed by atoms with van der Waals surface area (Å²) in [4.78, 5) is 0.234. The minimum absolute atomic E-state index is 0.226. The Bertz CT molecular complexity index is 1170. The lowest BCUT2D eigenvalue weighted by Gasteiger charge is -2.09. The van der Waals surface area contributed by atoms with Crippen LogP contribution in [0.1, 0.15) is 0 Å². The Hall–Kier alpha value is -3.49. The predicted molar refractivity (Wildman–Crippen MR) is 117 cm³/mol. The van der Waals surface area contributed by atoms with E-state index in [0.29, 0.717) is 18.2 Å². The van der Waals surface area contributed by atoms with Gasteiger partial charge in [0.05, 0.1) is 4.90 Å². The molecule has 8 heteroatoms. The number of hydrogen-bond donors (Lipinski definition) is 2. The number of sulfonamides is 1. The van der Waals surface area contributed by atoms with Crippen LogP contribution in [0, 0.1) is 0 Å². The summed E-state index contributed by atoms with van der Waals surface area (Å²) in [5.41, 5.74) is 2.01. The van der Waals surface area contributed by atoms with Gasteiger partial charge in [-0.3, -0.25) is 0 Å². The van der Waals surface area contributed by atoms with Crippen LogP contribution in [-0.2, 0) is 10.0 Å². The van der Waals surface area contributed by atoms with E-state index in [1.807, 2.05) is 77.6 Å². The maximum absolute atomic E-state index is 12.5. The van der Waals surface area contributed by atoms with Gasteiger partial charge in [-0.25, -0.2) is 13.1 Å². The van der Waals surface area contributed by atoms with Crippen molar-refractivity contribution < 1.29 is 8.42 Å². The molecule has 0 radical (unpaired) electrons. The number of nitrogens with one attached hydrogen (secondary N) is 2. The Kier molecular flexibility index (Phi) is 5.87. The highest BCUT2D eigenvalue weighted by Gasteiger charge is 2.13. The zero-order valence-electron chi connectivity index (χ0n) is 16.1. The zero-order valence-corrected chi connectivity index (χ0v) is 17.0. The van der Waals surface area contributed by atoms with Crippen molar-refractivity contribution in [1.82, 2.24) is 19.5 Å². The number of aromatic nitrogens is 3. The van der Waals surface area contributed by atoms with Gasteiger partial charge in [0.25, 0.3) is 0 Å². The van der Waals surface area contributed by atoms with Crippen LogP contribution in [0.2, 0.25) is 0 Å². The Morgan fingerprint density at radius 2 is 1.43 bits per heavy atom. The molecule has 0 saturated carbocycles. The summed E-state index contributed by atoms with van der Waals surface area (Å²) >= 11 is 0. The molecule has 2 aromatic carbocycles. The number of benzene rings is 2. The Labute approximate surface area is 175 Å². The molecule has 0 amide bonds. The third-order valence-corrected chi connectivity index (χ3v) is 5.99. The van der Waals surface area contributed by atoms with Crippen LogP contribution in [0.3, 0.4) is 0 Å². The molecule has 4 aromatic rings. The summed E-state index contributed by atoms with van der Waals surface area (Å²) in [7, 11) is -3.58. The third kappa shape index (κ3) is 4.73. The first-order valence-corrected chi connectivity index (χ1v) is 11.0. The van der Waals surface area contributed by atoms with Gasteiger partial charge in [-0.05, 0) is 47.5 Å². The first-order valence-electron chi connectivity index (χ1n) is 9.48. The quantitative estimate of drug-likeness (QED) is 0.428. The second-order valence-electron chi connectivity index (χ2n) is 6.58. The van der Waals surface area contributed by atoms with Crippen molar-refractivity contribution in [3.05, 3.63) is 91.3 Å². The lowest BCUT2D eigenvalue weighted by molar-refractivity contribution is 0.583. The molecule has 0 unspecified atom stereocenters. The van der Waals surface area contributed by atoms with Gasteiger partial charge in [-0.1, -0.05) is 42.5 Å². The van der Waals surface area contributed by atoms with Crippen molar-refractivity contribution in [3.63, 3.8) is 0 Å². The molecule has 2 heterocycles. The molecule has 0 saturated heterocycles. The van der Waals surface area contributed by atoms with Crippen molar-refractivity contribution in [2.45, 2.75) is 4.90 Å². The van der Waals surface area contributed by atoms with Gasteiger partial charge >= 0.3 is 0 Å². The summed E-state index contributed by atoms with van der Waals surface area (Å²) in [5, 5.41) is 11.3. The molecule has 7 nitrogen and oxygen atoms in total. The van der Waals surface area contributed by atoms with E-state index >= 15 is 0 Å². The molecule has 152 valence electrons. The topological polar surface area (TPSA) is 88.9 Å². The maximum atomic E-state index is 12.5. The Morgan fingerprint density at radius 1 is 0.733 bits per heavy atom. The van der Waals surface area contributed by atoms with Gasteiger partial charge in [0, 0.05) is 25.5 Å². The molecular formula is C22H21N5O2S. The molecule has 0 aliphatic rings. The fourth-order valence-electron chi connectivity index (χ4n) is 2.96. The predicted octanol–water partition coefficient (Wildman–Crippen LogP) is 3.32. The minimum Gasteiger partial charge on any atom is -0.367 e. The van der Waals surface area contributed by atoms with Crippen molar-refractivity contribution >= 4 is 15.8 Å². The van der Waals surface area contributed by atoms with Gasteiger partial charge in [0.15, 0.2) is 5.82 Å². The summed E-state index contributed by atoms with van der Waals surface area (Å²) in [6.45, 7) is 0.614. The van der Waals surface area contributed by atoms with E-state index in [-0.39, 0.29) is 11.4 Å². The van der Waals surface area contributed by atoms with E-state index in [1.54, 1.807) is 18.2 Å². The summed E-state index contributed by atoms with van der Waals surface area (Å²) in [5.74, 6) is 1.29. The molecule has 0 aliphatic carbocycles. The summed E-state index contributed by atoms with van der Waals surface area (Å²) in [6, 6.07) is 24.1. The van der Waals surface area contributed by atoms with E-state index in [1.165, 1.54) is 0 Å². The minimum atomic E-state index is -3.58. The molecule has 4 rings (SSSR count). The summed E-state index contributed by atoms with van der Waals surface area (Å²) < 4.78 is 29.4. The lowest BCUT2D eigenvalue weighted by Crippen LogP contribution is -2.29. The first-order chi connectivity index (χ1) is 14.6. The fourth-order valence-corrected chi connectivity index (χ4v) is 3.99. The molecule has 0 fully saturated rings. The molecule has 2 N–H and O–H groups in total. The number of hydrogen-bond acceptors (Lipinski definition) is 5. The SMILES string of the molecule is O=S(=O)(NCCNc1ccc(-n2cccc2)nn1)c1ccc(-c2ccccc2)cc1. The second kappa shape index (κ2) is 8.89. The highest BCUT2D eigenvalue weighted by molar-refractivity contribution is 7.89. The van der Waals surface area contributed by atoms with E-state index in [9.17, 15) is 8.42 Å². The van der Waals surface area contributed by atoms with Crippen LogP contribution < -0.4 is 10.0 Å². The van der Waals surface area contributed by atoms with Crippen LogP contribution in [0.4, 0.5) is 5.82 Å². The van der Waals surface area contributed by atoms with Crippen LogP contribution in [-0.4, -0.2) is 36.3 Å². The van der Waals surface area contributed by atoms with E-state index in [2.05, 4.69) is 20.2 Å². The fraction of sp³-hybridized carbons (Fsp3) is 0.0909. The van der Waals surface area contributed by atoms with E-state index in [0.717, 1.165) is 11.1 Å². The van der Waals surface area contributed by atoms with Crippen LogP contribution in [0.15, 0.2) is 96.2 Å². The van der Waals surface area contributed by atoms with E-state index < -0.39 is 10.0 Å². The molecule has 0 atom stereocenters. The standard InChI is InChI=1S/C22H21N5O2S/c28-30(29,20-10-8-19(9-11-20)18-6-2-1-3-7-18)24-15-14-23-21-12-13-22(26-25-21)27-16-4-5-17-27/h1-13,16-17,24H,14-15H2,(H,23,25). The Morgan fingerprint density at radius 3 is 2.10 bits per heavy atom. The highest BCUT2D eigenvalue weighted by Crippen LogP contribution is 2.20.